The van der Waals surface area contributed by atoms with Crippen molar-refractivity contribution in [1.29, 1.82) is 0 Å². The highest BCUT2D eigenvalue weighted by Gasteiger charge is 2.46. The van der Waals surface area contributed by atoms with Gasteiger partial charge in [0.05, 0.1) is 18.7 Å². The molecule has 0 radical (unpaired) electrons. The largest absolute Gasteiger partial charge is 0.507 e. The minimum Gasteiger partial charge on any atom is -0.507 e. The molecule has 0 bridgehead atoms. The van der Waals surface area contributed by atoms with Crippen LogP contribution in [0.15, 0.2) is 88.9 Å². The molecular weight excluding hydrogens is 446 g/mol. The molecule has 3 aromatic rings. The standard InChI is InChI=1S/C24H18BrNO4/c1-30-19-13-7-16(8-14-19)22(27)20-21(15-5-3-2-4-6-15)26(24(29)23(20)28)18-11-9-17(25)10-12-18/h2-14,21,27H,1H3. The number of benzene rings is 3. The normalized spacial score (nSPS) is 17.9. The van der Waals surface area contributed by atoms with Gasteiger partial charge in [0.15, 0.2) is 0 Å². The Morgan fingerprint density at radius 2 is 1.57 bits per heavy atom. The number of ether oxygens (including phenoxy) is 1. The maximum atomic E-state index is 13.0. The molecule has 1 heterocycles. The number of hydrogen-bond donors (Lipinski definition) is 1. The molecule has 3 aromatic carbocycles. The SMILES string of the molecule is COc1ccc(C(O)=C2C(=O)C(=O)N(c3ccc(Br)cc3)C2c2ccccc2)cc1. The van der Waals surface area contributed by atoms with Crippen molar-refractivity contribution in [1.82, 2.24) is 0 Å². The summed E-state index contributed by atoms with van der Waals surface area (Å²) in [5, 5.41) is 11.0. The molecule has 5 nitrogen and oxygen atoms in total. The number of aliphatic hydroxyl groups is 1. The summed E-state index contributed by atoms with van der Waals surface area (Å²) in [6.45, 7) is 0. The molecule has 30 heavy (non-hydrogen) atoms. The van der Waals surface area contributed by atoms with Crippen LogP contribution in [0.1, 0.15) is 17.2 Å². The molecule has 1 amide bonds. The van der Waals surface area contributed by atoms with Crippen LogP contribution in [-0.4, -0.2) is 23.9 Å². The average Bonchev–Trinajstić information content (AvgIpc) is 3.05. The highest BCUT2D eigenvalue weighted by Crippen LogP contribution is 2.42. The second kappa shape index (κ2) is 8.16. The number of anilines is 1. The smallest absolute Gasteiger partial charge is 0.300 e. The van der Waals surface area contributed by atoms with Crippen molar-refractivity contribution in [2.45, 2.75) is 6.04 Å². The molecule has 1 N–H and O–H groups in total. The Morgan fingerprint density at radius 3 is 2.17 bits per heavy atom. The van der Waals surface area contributed by atoms with E-state index in [0.717, 1.165) is 10.0 Å². The molecule has 1 unspecified atom stereocenters. The zero-order valence-corrected chi connectivity index (χ0v) is 17.7. The summed E-state index contributed by atoms with van der Waals surface area (Å²) < 4.78 is 6.02. The first kappa shape index (κ1) is 19.9. The Kier molecular flexibility index (Phi) is 5.42. The van der Waals surface area contributed by atoms with Crippen LogP contribution in [0.4, 0.5) is 5.69 Å². The van der Waals surface area contributed by atoms with E-state index in [1.54, 1.807) is 55.6 Å². The van der Waals surface area contributed by atoms with Crippen molar-refractivity contribution < 1.29 is 19.4 Å². The van der Waals surface area contributed by atoms with Gasteiger partial charge in [-0.15, -0.1) is 0 Å². The number of nitrogens with zero attached hydrogens (tertiary/aromatic N) is 1. The van der Waals surface area contributed by atoms with Crippen molar-refractivity contribution in [3.63, 3.8) is 0 Å². The number of methoxy groups -OCH3 is 1. The summed E-state index contributed by atoms with van der Waals surface area (Å²) in [4.78, 5) is 27.5. The molecule has 1 saturated heterocycles. The number of carbonyl (C=O) groups is 2. The second-order valence-corrected chi connectivity index (χ2v) is 7.70. The zero-order chi connectivity index (χ0) is 21.3. The molecule has 0 aromatic heterocycles. The maximum Gasteiger partial charge on any atom is 0.300 e. The van der Waals surface area contributed by atoms with Gasteiger partial charge in [-0.25, -0.2) is 0 Å². The van der Waals surface area contributed by atoms with E-state index in [4.69, 9.17) is 4.74 Å². The van der Waals surface area contributed by atoms with Crippen molar-refractivity contribution in [3.05, 3.63) is 100 Å². The molecule has 1 fully saturated rings. The fraction of sp³-hybridized carbons (Fsp3) is 0.0833. The van der Waals surface area contributed by atoms with Crippen LogP contribution in [0, 0.1) is 0 Å². The molecule has 4 rings (SSSR count). The number of halogens is 1. The topological polar surface area (TPSA) is 66.8 Å². The fourth-order valence-electron chi connectivity index (χ4n) is 3.56. The third kappa shape index (κ3) is 3.50. The molecule has 0 spiro atoms. The van der Waals surface area contributed by atoms with Gasteiger partial charge in [-0.3, -0.25) is 14.5 Å². The van der Waals surface area contributed by atoms with Crippen molar-refractivity contribution >= 4 is 39.1 Å². The Hall–Kier alpha value is -3.38. The van der Waals surface area contributed by atoms with E-state index in [-0.39, 0.29) is 11.3 Å². The summed E-state index contributed by atoms with van der Waals surface area (Å²) in [6, 6.07) is 22.3. The lowest BCUT2D eigenvalue weighted by atomic mass is 9.95. The number of aliphatic hydroxyl groups excluding tert-OH is 1. The summed E-state index contributed by atoms with van der Waals surface area (Å²) in [7, 11) is 1.55. The monoisotopic (exact) mass is 463 g/mol. The molecule has 150 valence electrons. The van der Waals surface area contributed by atoms with Crippen molar-refractivity contribution in [3.8, 4) is 5.75 Å². The van der Waals surface area contributed by atoms with Gasteiger partial charge in [0.2, 0.25) is 0 Å². The first-order valence-electron chi connectivity index (χ1n) is 9.27. The van der Waals surface area contributed by atoms with E-state index in [2.05, 4.69) is 15.9 Å². The summed E-state index contributed by atoms with van der Waals surface area (Å²) in [5.74, 6) is -0.993. The van der Waals surface area contributed by atoms with Crippen LogP contribution in [0.25, 0.3) is 5.76 Å². The van der Waals surface area contributed by atoms with Crippen LogP contribution in [0.3, 0.4) is 0 Å². The summed E-state index contributed by atoms with van der Waals surface area (Å²) in [5.41, 5.74) is 1.79. The second-order valence-electron chi connectivity index (χ2n) is 6.78. The van der Waals surface area contributed by atoms with E-state index >= 15 is 0 Å². The number of amides is 1. The first-order valence-corrected chi connectivity index (χ1v) is 10.1. The van der Waals surface area contributed by atoms with Crippen LogP contribution >= 0.6 is 15.9 Å². The maximum absolute atomic E-state index is 13.0. The molecule has 6 heteroatoms. The molecule has 0 aliphatic carbocycles. The van der Waals surface area contributed by atoms with E-state index in [0.29, 0.717) is 17.0 Å². The van der Waals surface area contributed by atoms with Crippen LogP contribution in [-0.2, 0) is 9.59 Å². The zero-order valence-electron chi connectivity index (χ0n) is 16.1. The van der Waals surface area contributed by atoms with Crippen LogP contribution in [0.2, 0.25) is 0 Å². The lowest BCUT2D eigenvalue weighted by Gasteiger charge is -2.25. The average molecular weight is 464 g/mol. The Bertz CT molecular complexity index is 1120. The number of carbonyl (C=O) groups excluding carboxylic acids is 2. The highest BCUT2D eigenvalue weighted by molar-refractivity contribution is 9.10. The van der Waals surface area contributed by atoms with Crippen molar-refractivity contribution in [2.24, 2.45) is 0 Å². The molecule has 1 aliphatic rings. The Morgan fingerprint density at radius 1 is 0.933 bits per heavy atom. The lowest BCUT2D eigenvalue weighted by Crippen LogP contribution is -2.29. The summed E-state index contributed by atoms with van der Waals surface area (Å²) >= 11 is 3.39. The van der Waals surface area contributed by atoms with Gasteiger partial charge in [-0.05, 0) is 54.1 Å². The quantitative estimate of drug-likeness (QED) is 0.332. The predicted octanol–water partition coefficient (Wildman–Crippen LogP) is 5.08. The highest BCUT2D eigenvalue weighted by atomic mass is 79.9. The van der Waals surface area contributed by atoms with Gasteiger partial charge in [0.25, 0.3) is 11.7 Å². The van der Waals surface area contributed by atoms with Crippen LogP contribution < -0.4 is 9.64 Å². The fourth-order valence-corrected chi connectivity index (χ4v) is 3.82. The third-order valence-corrected chi connectivity index (χ3v) is 5.56. The van der Waals surface area contributed by atoms with E-state index in [1.165, 1.54) is 4.90 Å². The van der Waals surface area contributed by atoms with E-state index in [9.17, 15) is 14.7 Å². The molecule has 1 aliphatic heterocycles. The first-order chi connectivity index (χ1) is 14.5. The Balaban J connectivity index is 1.90. The van der Waals surface area contributed by atoms with Gasteiger partial charge in [-0.1, -0.05) is 46.3 Å². The number of ketones is 1. The predicted molar refractivity (Wildman–Crippen MR) is 118 cm³/mol. The molecule has 0 saturated carbocycles. The van der Waals surface area contributed by atoms with E-state index in [1.807, 2.05) is 30.3 Å². The van der Waals surface area contributed by atoms with E-state index < -0.39 is 17.7 Å². The van der Waals surface area contributed by atoms with Gasteiger partial charge in [0, 0.05) is 15.7 Å². The summed E-state index contributed by atoms with van der Waals surface area (Å²) in [6.07, 6.45) is 0. The number of hydrogen-bond acceptors (Lipinski definition) is 4. The molecular formula is C24H18BrNO4. The van der Waals surface area contributed by atoms with Gasteiger partial charge in [0.1, 0.15) is 11.5 Å². The van der Waals surface area contributed by atoms with Crippen LogP contribution in [0.5, 0.6) is 5.75 Å². The minimum atomic E-state index is -0.741. The number of rotatable bonds is 4. The Labute approximate surface area is 182 Å². The third-order valence-electron chi connectivity index (χ3n) is 5.03. The lowest BCUT2D eigenvalue weighted by molar-refractivity contribution is -0.132. The van der Waals surface area contributed by atoms with Crippen molar-refractivity contribution in [2.75, 3.05) is 12.0 Å². The number of Topliss-reactive ketones (excluding diaryl/α,β-unsaturated/α-hetero) is 1. The van der Waals surface area contributed by atoms with Gasteiger partial charge in [-0.2, -0.15) is 0 Å². The molecule has 1 atom stereocenters. The van der Waals surface area contributed by atoms with Gasteiger partial charge < -0.3 is 9.84 Å². The van der Waals surface area contributed by atoms with Gasteiger partial charge >= 0.3 is 0 Å². The minimum absolute atomic E-state index is 0.0549.